The Kier molecular flexibility index (Phi) is 3.45. The van der Waals surface area contributed by atoms with Gasteiger partial charge in [-0.3, -0.25) is 4.90 Å². The summed E-state index contributed by atoms with van der Waals surface area (Å²) in [4.78, 5) is 2.47. The van der Waals surface area contributed by atoms with Crippen LogP contribution in [0, 0.1) is 0 Å². The van der Waals surface area contributed by atoms with E-state index in [2.05, 4.69) is 57.5 Å². The number of hydrogen-bond donors (Lipinski definition) is 1. The highest BCUT2D eigenvalue weighted by Gasteiger charge is 2.49. The van der Waals surface area contributed by atoms with Crippen LogP contribution in [0.1, 0.15) is 5.56 Å². The van der Waals surface area contributed by atoms with E-state index in [1.807, 2.05) is 0 Å². The summed E-state index contributed by atoms with van der Waals surface area (Å²) in [5.74, 6) is 0. The standard InChI is InChI=1S/C14H19BrN2O/c1-17-7-6-16-8-13(17)14(9-18-10-14)11-2-4-12(15)5-3-11/h2-5,13,16H,6-10H2,1H3. The number of rotatable bonds is 2. The summed E-state index contributed by atoms with van der Waals surface area (Å²) in [6.07, 6.45) is 0. The third-order valence-corrected chi connectivity index (χ3v) is 4.82. The molecule has 98 valence electrons. The fourth-order valence-electron chi connectivity index (χ4n) is 3.08. The quantitative estimate of drug-likeness (QED) is 0.898. The molecule has 0 bridgehead atoms. The predicted molar refractivity (Wildman–Crippen MR) is 75.9 cm³/mol. The first-order valence-electron chi connectivity index (χ1n) is 6.47. The van der Waals surface area contributed by atoms with Crippen molar-refractivity contribution in [1.29, 1.82) is 0 Å². The SMILES string of the molecule is CN1CCNCC1C1(c2ccc(Br)cc2)COC1. The molecule has 1 aromatic carbocycles. The van der Waals surface area contributed by atoms with Gasteiger partial charge in [0, 0.05) is 30.1 Å². The van der Waals surface area contributed by atoms with E-state index in [-0.39, 0.29) is 5.41 Å². The average Bonchev–Trinajstić information content (AvgIpc) is 2.32. The van der Waals surface area contributed by atoms with Crippen molar-refractivity contribution < 1.29 is 4.74 Å². The van der Waals surface area contributed by atoms with Crippen molar-refractivity contribution in [3.8, 4) is 0 Å². The van der Waals surface area contributed by atoms with Gasteiger partial charge in [-0.2, -0.15) is 0 Å². The van der Waals surface area contributed by atoms with E-state index < -0.39 is 0 Å². The fraction of sp³-hybridized carbons (Fsp3) is 0.571. The van der Waals surface area contributed by atoms with E-state index in [0.29, 0.717) is 6.04 Å². The first-order chi connectivity index (χ1) is 8.72. The first-order valence-corrected chi connectivity index (χ1v) is 7.26. The number of ether oxygens (including phenoxy) is 1. The molecule has 1 aromatic rings. The van der Waals surface area contributed by atoms with E-state index in [9.17, 15) is 0 Å². The van der Waals surface area contributed by atoms with Crippen molar-refractivity contribution in [2.45, 2.75) is 11.5 Å². The van der Waals surface area contributed by atoms with E-state index in [0.717, 1.165) is 37.3 Å². The van der Waals surface area contributed by atoms with Gasteiger partial charge in [0.25, 0.3) is 0 Å². The van der Waals surface area contributed by atoms with Gasteiger partial charge in [0.1, 0.15) is 0 Å². The zero-order chi connectivity index (χ0) is 12.6. The van der Waals surface area contributed by atoms with Crippen LogP contribution in [0.5, 0.6) is 0 Å². The summed E-state index contributed by atoms with van der Waals surface area (Å²) in [7, 11) is 2.23. The molecular weight excluding hydrogens is 292 g/mol. The second-order valence-corrected chi connectivity index (χ2v) is 6.27. The number of nitrogens with zero attached hydrogens (tertiary/aromatic N) is 1. The molecule has 2 aliphatic rings. The van der Waals surface area contributed by atoms with E-state index in [4.69, 9.17) is 4.74 Å². The largest absolute Gasteiger partial charge is 0.379 e. The fourth-order valence-corrected chi connectivity index (χ4v) is 3.34. The number of nitrogens with one attached hydrogen (secondary N) is 1. The lowest BCUT2D eigenvalue weighted by atomic mass is 9.71. The zero-order valence-electron chi connectivity index (χ0n) is 10.7. The lowest BCUT2D eigenvalue weighted by Gasteiger charge is -2.52. The maximum Gasteiger partial charge on any atom is 0.0601 e. The molecule has 2 aliphatic heterocycles. The minimum Gasteiger partial charge on any atom is -0.379 e. The Balaban J connectivity index is 1.91. The third-order valence-electron chi connectivity index (χ3n) is 4.29. The molecule has 0 radical (unpaired) electrons. The summed E-state index contributed by atoms with van der Waals surface area (Å²) in [6.45, 7) is 4.93. The minimum absolute atomic E-state index is 0.170. The molecule has 3 rings (SSSR count). The molecule has 2 fully saturated rings. The van der Waals surface area contributed by atoms with Gasteiger partial charge in [-0.15, -0.1) is 0 Å². The van der Waals surface area contributed by atoms with Crippen molar-refractivity contribution in [2.24, 2.45) is 0 Å². The normalized spacial score (nSPS) is 27.8. The van der Waals surface area contributed by atoms with Crippen LogP contribution in [0.15, 0.2) is 28.7 Å². The van der Waals surface area contributed by atoms with Crippen molar-refractivity contribution in [3.63, 3.8) is 0 Å². The van der Waals surface area contributed by atoms with Crippen LogP contribution in [-0.2, 0) is 10.2 Å². The summed E-state index contributed by atoms with van der Waals surface area (Å²) >= 11 is 3.51. The van der Waals surface area contributed by atoms with Gasteiger partial charge >= 0.3 is 0 Å². The van der Waals surface area contributed by atoms with Gasteiger partial charge < -0.3 is 10.1 Å². The third kappa shape index (κ3) is 2.01. The monoisotopic (exact) mass is 310 g/mol. The van der Waals surface area contributed by atoms with Crippen LogP contribution in [0.3, 0.4) is 0 Å². The van der Waals surface area contributed by atoms with Crippen LogP contribution < -0.4 is 5.32 Å². The molecule has 1 unspecified atom stereocenters. The van der Waals surface area contributed by atoms with Gasteiger partial charge in [-0.05, 0) is 24.7 Å². The number of halogens is 1. The lowest BCUT2D eigenvalue weighted by Crippen LogP contribution is -2.66. The summed E-state index contributed by atoms with van der Waals surface area (Å²) < 4.78 is 6.69. The van der Waals surface area contributed by atoms with Crippen molar-refractivity contribution >= 4 is 15.9 Å². The molecule has 1 N–H and O–H groups in total. The molecule has 0 amide bonds. The lowest BCUT2D eigenvalue weighted by molar-refractivity contribution is -0.103. The Bertz CT molecular complexity index is 416. The summed E-state index contributed by atoms with van der Waals surface area (Å²) in [6, 6.07) is 9.25. The van der Waals surface area contributed by atoms with E-state index in [1.165, 1.54) is 5.56 Å². The molecule has 0 aliphatic carbocycles. The summed E-state index contributed by atoms with van der Waals surface area (Å²) in [5, 5.41) is 3.51. The Morgan fingerprint density at radius 1 is 1.33 bits per heavy atom. The maximum atomic E-state index is 5.56. The molecule has 2 saturated heterocycles. The minimum atomic E-state index is 0.170. The Labute approximate surface area is 117 Å². The second-order valence-electron chi connectivity index (χ2n) is 5.36. The smallest absolute Gasteiger partial charge is 0.0601 e. The average molecular weight is 311 g/mol. The topological polar surface area (TPSA) is 24.5 Å². The highest BCUT2D eigenvalue weighted by atomic mass is 79.9. The van der Waals surface area contributed by atoms with Crippen LogP contribution in [0.2, 0.25) is 0 Å². The highest BCUT2D eigenvalue weighted by Crippen LogP contribution is 2.38. The van der Waals surface area contributed by atoms with Gasteiger partial charge in [0.2, 0.25) is 0 Å². The van der Waals surface area contributed by atoms with Gasteiger partial charge in [-0.25, -0.2) is 0 Å². The molecule has 0 spiro atoms. The van der Waals surface area contributed by atoms with Crippen molar-refractivity contribution in [3.05, 3.63) is 34.3 Å². The number of piperazine rings is 1. The van der Waals surface area contributed by atoms with Crippen LogP contribution in [0.4, 0.5) is 0 Å². The molecule has 3 nitrogen and oxygen atoms in total. The van der Waals surface area contributed by atoms with Gasteiger partial charge in [0.05, 0.1) is 18.6 Å². The van der Waals surface area contributed by atoms with Crippen LogP contribution in [-0.4, -0.2) is 50.8 Å². The molecule has 18 heavy (non-hydrogen) atoms. The zero-order valence-corrected chi connectivity index (χ0v) is 12.2. The number of benzene rings is 1. The van der Waals surface area contributed by atoms with Crippen molar-refractivity contribution in [2.75, 3.05) is 39.9 Å². The molecule has 1 atom stereocenters. The molecule has 0 saturated carbocycles. The number of hydrogen-bond acceptors (Lipinski definition) is 3. The second kappa shape index (κ2) is 4.93. The first kappa shape index (κ1) is 12.6. The van der Waals surface area contributed by atoms with Gasteiger partial charge in [0.15, 0.2) is 0 Å². The Morgan fingerprint density at radius 3 is 2.61 bits per heavy atom. The highest BCUT2D eigenvalue weighted by molar-refractivity contribution is 9.10. The molecular formula is C14H19BrN2O. The van der Waals surface area contributed by atoms with Crippen LogP contribution in [0.25, 0.3) is 0 Å². The molecule has 4 heteroatoms. The Morgan fingerprint density at radius 2 is 2.06 bits per heavy atom. The summed E-state index contributed by atoms with van der Waals surface area (Å²) in [5.41, 5.74) is 1.57. The predicted octanol–water partition coefficient (Wildman–Crippen LogP) is 1.62. The van der Waals surface area contributed by atoms with Crippen molar-refractivity contribution in [1.82, 2.24) is 10.2 Å². The van der Waals surface area contributed by atoms with Gasteiger partial charge in [-0.1, -0.05) is 28.1 Å². The van der Waals surface area contributed by atoms with E-state index >= 15 is 0 Å². The Hall–Kier alpha value is -0.420. The van der Waals surface area contributed by atoms with Crippen LogP contribution >= 0.6 is 15.9 Å². The van der Waals surface area contributed by atoms with E-state index in [1.54, 1.807) is 0 Å². The maximum absolute atomic E-state index is 5.56. The number of likely N-dealkylation sites (N-methyl/N-ethyl adjacent to an activating group) is 1. The molecule has 0 aromatic heterocycles. The molecule has 2 heterocycles.